The average Bonchev–Trinajstić information content (AvgIpc) is 1.99. The molecular weight excluding hydrogens is 294 g/mol. The fourth-order valence-corrected chi connectivity index (χ4v) is 0.407. The van der Waals surface area contributed by atoms with Gasteiger partial charge in [-0.25, -0.2) is 0 Å². The number of hydrogen-bond acceptors (Lipinski definition) is 6. The second-order valence-corrected chi connectivity index (χ2v) is 3.08. The first-order valence-electron chi connectivity index (χ1n) is 4.79. The Hall–Kier alpha value is -1.10. The van der Waals surface area contributed by atoms with Gasteiger partial charge in [-0.1, -0.05) is 0 Å². The zero-order valence-corrected chi connectivity index (χ0v) is 14.1. The molecule has 0 aromatic carbocycles. The summed E-state index contributed by atoms with van der Waals surface area (Å²) in [5.41, 5.74) is 0. The Labute approximate surface area is 120 Å². The van der Waals surface area contributed by atoms with E-state index in [1.165, 1.54) is 13.8 Å². The molecule has 0 saturated carbocycles. The normalized spacial score (nSPS) is 7.33. The zero-order valence-electron chi connectivity index (χ0n) is 11.1. The number of aliphatic carboxylic acids is 2. The number of ketones is 2. The van der Waals surface area contributed by atoms with Gasteiger partial charge in [0.25, 0.3) is 0 Å². The maximum absolute atomic E-state index is 9.83. The summed E-state index contributed by atoms with van der Waals surface area (Å²) in [6, 6.07) is 0. The van der Waals surface area contributed by atoms with Gasteiger partial charge in [0.1, 0.15) is 11.6 Å². The van der Waals surface area contributed by atoms with Crippen molar-refractivity contribution < 1.29 is 48.9 Å². The van der Waals surface area contributed by atoms with Crippen LogP contribution in [0.25, 0.3) is 0 Å². The Kier molecular flexibility index (Phi) is 26.1. The van der Waals surface area contributed by atoms with Crippen LogP contribution in [0.5, 0.6) is 0 Å². The fourth-order valence-electron chi connectivity index (χ4n) is 0.407. The molecule has 0 aliphatic carbocycles. The molecule has 0 aromatic rings. The molecule has 0 amide bonds. The van der Waals surface area contributed by atoms with Gasteiger partial charge in [-0.3, -0.25) is 9.59 Å². The second kappa shape index (κ2) is 18.3. The van der Waals surface area contributed by atoms with E-state index in [9.17, 15) is 29.4 Å². The van der Waals surface area contributed by atoms with Crippen molar-refractivity contribution in [2.45, 2.75) is 40.5 Å². The molecule has 0 aromatic heterocycles. The summed E-state index contributed by atoms with van der Waals surface area (Å²) in [5, 5.41) is 19.0. The molecule has 0 spiro atoms. The molecule has 0 bridgehead atoms. The summed E-state index contributed by atoms with van der Waals surface area (Å²) < 4.78 is 0. The maximum Gasteiger partial charge on any atom is 2.00 e. The molecule has 100 valence electrons. The van der Waals surface area contributed by atoms with E-state index in [1.807, 2.05) is 20.3 Å². The van der Waals surface area contributed by atoms with E-state index in [0.717, 1.165) is 0 Å². The monoisotopic (exact) mass is 309 g/mol. The van der Waals surface area contributed by atoms with Gasteiger partial charge in [-0.15, -0.1) is 0 Å². The Morgan fingerprint density at radius 2 is 1.00 bits per heavy atom. The Morgan fingerprint density at radius 3 is 1.00 bits per heavy atom. The van der Waals surface area contributed by atoms with Gasteiger partial charge in [0.2, 0.25) is 0 Å². The van der Waals surface area contributed by atoms with Gasteiger partial charge in [-0.05, 0) is 13.8 Å². The molecule has 6 nitrogen and oxygen atoms in total. The molecule has 0 N–H and O–H groups in total. The molecule has 0 rings (SSSR count). The Bertz CT molecular complexity index is 212. The van der Waals surface area contributed by atoms with Crippen LogP contribution in [-0.4, -0.2) is 23.5 Å². The quantitative estimate of drug-likeness (QED) is 0.360. The molecular formula is C11H17O6Zn-. The third kappa shape index (κ3) is 60.5. The van der Waals surface area contributed by atoms with E-state index in [0.29, 0.717) is 0 Å². The molecule has 0 aliphatic heterocycles. The number of rotatable bonds is 4. The maximum atomic E-state index is 9.83. The molecule has 0 atom stereocenters. The molecule has 0 unspecified atom stereocenters. The molecule has 0 heterocycles. The number of carboxylic acids is 2. The summed E-state index contributed by atoms with van der Waals surface area (Å²) in [6.07, 6.45) is 1.06. The summed E-state index contributed by atoms with van der Waals surface area (Å²) in [5.74, 6) is -3.37. The van der Waals surface area contributed by atoms with Crippen LogP contribution in [-0.2, 0) is 38.7 Å². The summed E-state index contributed by atoms with van der Waals surface area (Å²) in [4.78, 5) is 38.6. The van der Waals surface area contributed by atoms with E-state index < -0.39 is 24.8 Å². The number of hydrogen-bond donors (Lipinski definition) is 0. The van der Waals surface area contributed by atoms with Crippen molar-refractivity contribution in [1.29, 1.82) is 0 Å². The minimum atomic E-state index is -1.31. The second-order valence-electron chi connectivity index (χ2n) is 3.08. The Morgan fingerprint density at radius 1 is 0.833 bits per heavy atom. The van der Waals surface area contributed by atoms with Crippen molar-refractivity contribution in [3.8, 4) is 0 Å². The van der Waals surface area contributed by atoms with Crippen molar-refractivity contribution in [3.05, 3.63) is 6.42 Å². The van der Waals surface area contributed by atoms with Gasteiger partial charge < -0.3 is 26.2 Å². The van der Waals surface area contributed by atoms with E-state index in [-0.39, 0.29) is 31.0 Å². The molecule has 7 heteroatoms. The van der Waals surface area contributed by atoms with Crippen LogP contribution in [0.1, 0.15) is 40.5 Å². The molecule has 0 aliphatic rings. The van der Waals surface area contributed by atoms with Gasteiger partial charge in [0, 0.05) is 24.8 Å². The van der Waals surface area contributed by atoms with Crippen molar-refractivity contribution >= 4 is 23.5 Å². The predicted octanol–water partition coefficient (Wildman–Crippen LogP) is -1.34. The molecule has 0 fully saturated rings. The van der Waals surface area contributed by atoms with Crippen molar-refractivity contribution in [1.82, 2.24) is 0 Å². The van der Waals surface area contributed by atoms with E-state index >= 15 is 0 Å². The number of carbonyl (C=O) groups is 4. The van der Waals surface area contributed by atoms with Crippen molar-refractivity contribution in [3.63, 3.8) is 0 Å². The van der Waals surface area contributed by atoms with Gasteiger partial charge in [-0.2, -0.15) is 13.8 Å². The van der Waals surface area contributed by atoms with Gasteiger partial charge in [0.05, 0.1) is 0 Å². The predicted molar refractivity (Wildman–Crippen MR) is 56.3 cm³/mol. The largest absolute Gasteiger partial charge is 2.00 e. The van der Waals surface area contributed by atoms with Crippen LogP contribution in [0, 0.1) is 6.42 Å². The van der Waals surface area contributed by atoms with Crippen LogP contribution < -0.4 is 10.2 Å². The summed E-state index contributed by atoms with van der Waals surface area (Å²) in [7, 11) is 0. The average molecular weight is 311 g/mol. The smallest absolute Gasteiger partial charge is 0.550 e. The molecule has 0 saturated heterocycles. The third-order valence-electron chi connectivity index (χ3n) is 0.787. The van der Waals surface area contributed by atoms with Crippen LogP contribution in [0.2, 0.25) is 0 Å². The first kappa shape index (κ1) is 25.7. The van der Waals surface area contributed by atoms with Crippen LogP contribution >= 0.6 is 0 Å². The fraction of sp³-hybridized carbons (Fsp3) is 0.545. The number of carbonyl (C=O) groups excluding carboxylic acids is 4. The van der Waals surface area contributed by atoms with E-state index in [1.54, 1.807) is 0 Å². The van der Waals surface area contributed by atoms with Gasteiger partial charge in [0.15, 0.2) is 0 Å². The SMILES string of the molecule is CC(=O)CC(=O)[O-].CC(=O)CC(=O)[O-].C[CH-]C.[Zn+2]. The van der Waals surface area contributed by atoms with Crippen LogP contribution in [0.3, 0.4) is 0 Å². The first-order valence-corrected chi connectivity index (χ1v) is 4.79. The molecule has 18 heavy (non-hydrogen) atoms. The Balaban J connectivity index is -0.0000000857. The topological polar surface area (TPSA) is 114 Å². The van der Waals surface area contributed by atoms with Crippen molar-refractivity contribution in [2.75, 3.05) is 0 Å². The molecule has 0 radical (unpaired) electrons. The standard InChI is InChI=1S/2C4H6O3.C3H7.Zn/c2*1-3(5)2-4(6)7;1-3-2;/h2*2H2,1H3,(H,6,7);3H,1-2H3;/q;;-1;+2/p-2. The number of Topliss-reactive ketones (excluding diaryl/α,β-unsaturated/α-hetero) is 2. The summed E-state index contributed by atoms with van der Waals surface area (Å²) >= 11 is 0. The van der Waals surface area contributed by atoms with Crippen LogP contribution in [0.15, 0.2) is 0 Å². The minimum Gasteiger partial charge on any atom is -0.550 e. The van der Waals surface area contributed by atoms with Crippen molar-refractivity contribution in [2.24, 2.45) is 0 Å². The van der Waals surface area contributed by atoms with Crippen LogP contribution in [0.4, 0.5) is 0 Å². The summed E-state index contributed by atoms with van der Waals surface area (Å²) in [6.45, 7) is 6.41. The van der Waals surface area contributed by atoms with E-state index in [4.69, 9.17) is 0 Å². The van der Waals surface area contributed by atoms with Gasteiger partial charge >= 0.3 is 19.5 Å². The van der Waals surface area contributed by atoms with E-state index in [2.05, 4.69) is 0 Å². The zero-order chi connectivity index (χ0) is 14.4. The minimum absolute atomic E-state index is 0. The first-order chi connectivity index (χ1) is 7.67. The number of carboxylic acid groups (broad SMARTS) is 2. The third-order valence-corrected chi connectivity index (χ3v) is 0.787.